The molecular weight excluding hydrogens is 865 g/mol. The number of aliphatic hydroxyl groups is 2. The zero-order valence-electron chi connectivity index (χ0n) is 40.7. The Morgan fingerprint density at radius 2 is 1.21 bits per heavy atom. The van der Waals surface area contributed by atoms with Gasteiger partial charge in [-0.1, -0.05) is 48.0 Å². The van der Waals surface area contributed by atoms with Crippen molar-refractivity contribution in [2.24, 2.45) is 0 Å². The summed E-state index contributed by atoms with van der Waals surface area (Å²) in [5.74, 6) is -1.59. The summed E-state index contributed by atoms with van der Waals surface area (Å²) in [7, 11) is 4.39. The van der Waals surface area contributed by atoms with E-state index in [1.807, 2.05) is 82.1 Å². The molecule has 1 saturated carbocycles. The summed E-state index contributed by atoms with van der Waals surface area (Å²) in [6.07, 6.45) is 5.07. The molecule has 0 bridgehead atoms. The van der Waals surface area contributed by atoms with Crippen LogP contribution in [0.1, 0.15) is 88.2 Å². The molecule has 4 aromatic rings. The highest BCUT2D eigenvalue weighted by atomic mass is 32.2. The molecule has 0 radical (unpaired) electrons. The Labute approximate surface area is 392 Å². The van der Waals surface area contributed by atoms with Crippen LogP contribution in [0.4, 0.5) is 11.4 Å². The number of rotatable bonds is 27. The van der Waals surface area contributed by atoms with Gasteiger partial charge in [-0.2, -0.15) is 8.42 Å². The number of ether oxygens (including phenoxy) is 2. The summed E-state index contributed by atoms with van der Waals surface area (Å²) >= 11 is 0. The number of benzene rings is 2. The van der Waals surface area contributed by atoms with E-state index in [1.54, 1.807) is 4.68 Å². The molecule has 1 fully saturated rings. The van der Waals surface area contributed by atoms with E-state index in [1.165, 1.54) is 12.8 Å². The summed E-state index contributed by atoms with van der Waals surface area (Å²) in [5, 5.41) is 40.5. The first-order valence-electron chi connectivity index (χ1n) is 23.3. The van der Waals surface area contributed by atoms with E-state index >= 15 is 0 Å². The minimum absolute atomic E-state index is 0.171. The van der Waals surface area contributed by atoms with Crippen LogP contribution in [-0.4, -0.2) is 172 Å². The average Bonchev–Trinajstić information content (AvgIpc) is 3.87. The van der Waals surface area contributed by atoms with Crippen molar-refractivity contribution >= 4 is 27.5 Å². The second-order valence-electron chi connectivity index (χ2n) is 20.0. The van der Waals surface area contributed by atoms with Crippen molar-refractivity contribution in [3.63, 3.8) is 0 Å². The van der Waals surface area contributed by atoms with Crippen molar-refractivity contribution in [2.45, 2.75) is 110 Å². The maximum absolute atomic E-state index is 12.3. The molecule has 19 heteroatoms. The van der Waals surface area contributed by atoms with Crippen LogP contribution in [0.2, 0.25) is 0 Å². The number of nitrogens with zero attached hydrogens (tertiary/aromatic N) is 10. The molecule has 366 valence electrons. The van der Waals surface area contributed by atoms with E-state index in [0.29, 0.717) is 50.2 Å². The first kappa shape index (κ1) is 52.5. The number of aliphatic hydroxyl groups excluding tert-OH is 2. The van der Waals surface area contributed by atoms with Crippen molar-refractivity contribution in [3.8, 4) is 0 Å². The quantitative estimate of drug-likeness (QED) is 0.0335. The van der Waals surface area contributed by atoms with Gasteiger partial charge in [-0.15, -0.1) is 10.2 Å². The molecule has 1 aliphatic carbocycles. The topological polar surface area (TPSA) is 198 Å². The van der Waals surface area contributed by atoms with Crippen LogP contribution >= 0.6 is 0 Å². The predicted molar refractivity (Wildman–Crippen MR) is 254 cm³/mol. The lowest BCUT2D eigenvalue weighted by molar-refractivity contribution is -0.904. The fraction of sp³-hybridized carbons (Fsp3) is 0.638. The molecule has 18 nitrogen and oxygen atoms in total. The number of unbranched alkanes of at least 4 members (excludes halogenated alkanes) is 1. The number of quaternary nitrogens is 2. The smallest absolute Gasteiger partial charge is 0.332 e. The Hall–Kier alpha value is -4.50. The summed E-state index contributed by atoms with van der Waals surface area (Å²) in [4.78, 5) is 16.7. The second kappa shape index (κ2) is 23.0. The van der Waals surface area contributed by atoms with Crippen LogP contribution in [0.15, 0.2) is 60.9 Å². The van der Waals surface area contributed by atoms with Crippen molar-refractivity contribution in [1.29, 1.82) is 0 Å². The fourth-order valence-electron chi connectivity index (χ4n) is 8.63. The van der Waals surface area contributed by atoms with Crippen molar-refractivity contribution in [3.05, 3.63) is 83.4 Å². The molecule has 2 aromatic carbocycles. The summed E-state index contributed by atoms with van der Waals surface area (Å²) < 4.78 is 47.7. The number of esters is 1. The van der Waals surface area contributed by atoms with Gasteiger partial charge in [0.2, 0.25) is 0 Å². The number of hydrogen-bond donors (Lipinski definition) is 3. The molecule has 5 rings (SSSR count). The first-order chi connectivity index (χ1) is 31.0. The lowest BCUT2D eigenvalue weighted by Crippen LogP contribution is -2.51. The lowest BCUT2D eigenvalue weighted by Gasteiger charge is -2.47. The number of likely N-dealkylation sites (N-methyl/N-ethyl adjacent to an activating group) is 1. The Balaban J connectivity index is 1.18. The van der Waals surface area contributed by atoms with Crippen LogP contribution in [0.3, 0.4) is 0 Å². The molecule has 1 aliphatic rings. The van der Waals surface area contributed by atoms with Gasteiger partial charge in [-0.3, -0.25) is 13.9 Å². The van der Waals surface area contributed by atoms with Crippen molar-refractivity contribution < 1.29 is 46.4 Å². The minimum Gasteiger partial charge on any atom is -0.458 e. The van der Waals surface area contributed by atoms with Gasteiger partial charge in [0.05, 0.1) is 91.3 Å². The summed E-state index contributed by atoms with van der Waals surface area (Å²) in [5.41, 5.74) is 4.82. The Morgan fingerprint density at radius 3 is 1.67 bits per heavy atom. The highest BCUT2D eigenvalue weighted by Gasteiger charge is 2.50. The van der Waals surface area contributed by atoms with E-state index in [2.05, 4.69) is 76.7 Å². The van der Waals surface area contributed by atoms with Gasteiger partial charge >= 0.3 is 5.97 Å². The third kappa shape index (κ3) is 16.1. The zero-order chi connectivity index (χ0) is 48.3. The number of anilines is 2. The number of aromatic nitrogens is 6. The molecule has 2 atom stereocenters. The summed E-state index contributed by atoms with van der Waals surface area (Å²) in [6.45, 7) is 16.7. The first-order valence-corrected chi connectivity index (χ1v) is 24.9. The Morgan fingerprint density at radius 1 is 0.742 bits per heavy atom. The van der Waals surface area contributed by atoms with E-state index in [9.17, 15) is 23.4 Å². The molecular formula is C47H76N10O8S+2. The molecule has 0 saturated heterocycles. The molecule has 2 heterocycles. The molecule has 0 amide bonds. The number of hydrogen-bond acceptors (Lipinski definition) is 13. The molecule has 0 aliphatic heterocycles. The molecule has 2 aromatic heterocycles. The van der Waals surface area contributed by atoms with Gasteiger partial charge in [0, 0.05) is 55.8 Å². The highest BCUT2D eigenvalue weighted by Crippen LogP contribution is 2.48. The van der Waals surface area contributed by atoms with Crippen LogP contribution in [0.5, 0.6) is 0 Å². The fourth-order valence-corrected chi connectivity index (χ4v) is 9.13. The van der Waals surface area contributed by atoms with E-state index < -0.39 is 45.7 Å². The van der Waals surface area contributed by atoms with Crippen LogP contribution in [0, 0.1) is 0 Å². The Kier molecular flexibility index (Phi) is 18.3. The van der Waals surface area contributed by atoms with Crippen LogP contribution in [0.25, 0.3) is 0 Å². The minimum atomic E-state index is -4.02. The number of carbonyl (C=O) groups excluding carboxylic acids is 1. The predicted octanol–water partition coefficient (Wildman–Crippen LogP) is 4.09. The van der Waals surface area contributed by atoms with Gasteiger partial charge in [-0.05, 0) is 69.5 Å². The highest BCUT2D eigenvalue weighted by molar-refractivity contribution is 7.85. The third-order valence-corrected chi connectivity index (χ3v) is 12.9. The van der Waals surface area contributed by atoms with Gasteiger partial charge < -0.3 is 38.5 Å². The maximum atomic E-state index is 12.3. The van der Waals surface area contributed by atoms with Gasteiger partial charge in [-0.25, -0.2) is 4.79 Å². The molecule has 66 heavy (non-hydrogen) atoms. The van der Waals surface area contributed by atoms with Crippen LogP contribution < -0.4 is 9.80 Å². The SMILES string of the molecule is CCCC[N+](C)(C)Cc1cn(CCN(CC)c2ccc(C3C(O)C(c4ccc(N(CCOCC(=O)OC(C)(C)C)CCn5cc(C[N+](C)(C)CCCS(=O)(=O)O)nn5)cc4)C3O)cc2)nn1. The van der Waals surface area contributed by atoms with Gasteiger partial charge in [0.1, 0.15) is 36.7 Å². The lowest BCUT2D eigenvalue weighted by atomic mass is 9.63. The third-order valence-electron chi connectivity index (χ3n) is 12.1. The van der Waals surface area contributed by atoms with Gasteiger partial charge in [0.15, 0.2) is 0 Å². The monoisotopic (exact) mass is 941 g/mol. The van der Waals surface area contributed by atoms with Gasteiger partial charge in [0.25, 0.3) is 10.1 Å². The Bertz CT molecular complexity index is 2210. The van der Waals surface area contributed by atoms with E-state index in [4.69, 9.17) is 14.0 Å². The molecule has 3 N–H and O–H groups in total. The largest absolute Gasteiger partial charge is 0.458 e. The number of carbonyl (C=O) groups is 1. The maximum Gasteiger partial charge on any atom is 0.332 e. The second-order valence-corrected chi connectivity index (χ2v) is 21.6. The van der Waals surface area contributed by atoms with Crippen molar-refractivity contribution in [2.75, 3.05) is 96.2 Å². The standard InChI is InChI=1S/C47H75N10O8S/c1-10-12-27-56(6,7)33-38-31-54(50-48-38)24-22-52(11-2)40-18-14-36(15-19-40)43-45(59)44(46(43)60)37-16-20-41(21-17-37)53(26-29-64-35-42(58)65-47(3,4)5)23-25-55-32-39(49-51-55)34-57(8,9)28-13-30-66(61,62)63/h14-21,31-32,43-46,59-60H,10-13,22-30,33-35H2,1-9H3/q+1/p+1. The van der Waals surface area contributed by atoms with Crippen LogP contribution in [-0.2, 0) is 50.6 Å². The van der Waals surface area contributed by atoms with E-state index in [0.717, 1.165) is 64.6 Å². The normalized spacial score (nSPS) is 18.0. The molecule has 2 unspecified atom stereocenters. The average molecular weight is 941 g/mol. The van der Waals surface area contributed by atoms with E-state index in [-0.39, 0.29) is 19.0 Å². The summed E-state index contributed by atoms with van der Waals surface area (Å²) in [6, 6.07) is 16.0. The zero-order valence-corrected chi connectivity index (χ0v) is 41.5. The molecule has 0 spiro atoms. The van der Waals surface area contributed by atoms with Crippen molar-refractivity contribution in [1.82, 2.24) is 30.0 Å².